The van der Waals surface area contributed by atoms with Crippen molar-refractivity contribution in [1.82, 2.24) is 5.32 Å². The Morgan fingerprint density at radius 3 is 2.29 bits per heavy atom. The lowest BCUT2D eigenvalue weighted by Crippen LogP contribution is -2.53. The Kier molecular flexibility index (Phi) is 5.78. The van der Waals surface area contributed by atoms with E-state index < -0.39 is 0 Å². The van der Waals surface area contributed by atoms with E-state index in [1.165, 1.54) is 12.8 Å². The molecule has 1 N–H and O–H groups in total. The fraction of sp³-hybridized carbons (Fsp3) is 0.929. The van der Waals surface area contributed by atoms with Crippen LogP contribution in [0.25, 0.3) is 0 Å². The number of hydrogen-bond acceptors (Lipinski definition) is 1. The molecule has 0 bridgehead atoms. The first-order chi connectivity index (χ1) is 8.06. The Balaban J connectivity index is 2.59. The predicted molar refractivity (Wildman–Crippen MR) is 73.3 cm³/mol. The highest BCUT2D eigenvalue weighted by Gasteiger charge is 2.35. The molecule has 0 atom stereocenters. The minimum atomic E-state index is -0.131. The van der Waals surface area contributed by atoms with Crippen LogP contribution in [0.4, 0.5) is 0 Å². The molecule has 0 heterocycles. The summed E-state index contributed by atoms with van der Waals surface area (Å²) in [6, 6.07) is 0. The second kappa shape index (κ2) is 6.63. The standard InChI is InChI=1S/C14H26ClNO/c1-4-12(5-2)13(17)16-14(10-15)8-6-11(3)7-9-14/h11-12H,4-10H2,1-3H3,(H,16,17). The number of halogens is 1. The third-order valence-electron chi connectivity index (χ3n) is 4.23. The number of carbonyl (C=O) groups is 1. The van der Waals surface area contributed by atoms with Crippen LogP contribution in [0, 0.1) is 11.8 Å². The van der Waals surface area contributed by atoms with E-state index in [4.69, 9.17) is 11.6 Å². The van der Waals surface area contributed by atoms with Gasteiger partial charge in [-0.1, -0.05) is 20.8 Å². The Morgan fingerprint density at radius 2 is 1.88 bits per heavy atom. The highest BCUT2D eigenvalue weighted by Crippen LogP contribution is 2.33. The summed E-state index contributed by atoms with van der Waals surface area (Å²) in [5.41, 5.74) is -0.131. The van der Waals surface area contributed by atoms with E-state index >= 15 is 0 Å². The molecule has 1 fully saturated rings. The van der Waals surface area contributed by atoms with Crippen molar-refractivity contribution >= 4 is 17.5 Å². The quantitative estimate of drug-likeness (QED) is 0.749. The van der Waals surface area contributed by atoms with Gasteiger partial charge >= 0.3 is 0 Å². The fourth-order valence-corrected chi connectivity index (χ4v) is 2.96. The predicted octanol–water partition coefficient (Wildman–Crippen LogP) is 3.73. The summed E-state index contributed by atoms with van der Waals surface area (Å²) in [5.74, 6) is 1.67. The van der Waals surface area contributed by atoms with E-state index in [9.17, 15) is 4.79 Å². The van der Waals surface area contributed by atoms with Gasteiger partial charge in [0.15, 0.2) is 0 Å². The van der Waals surface area contributed by atoms with E-state index in [0.29, 0.717) is 5.88 Å². The number of amides is 1. The van der Waals surface area contributed by atoms with Crippen molar-refractivity contribution in [2.45, 2.75) is 64.8 Å². The Labute approximate surface area is 110 Å². The van der Waals surface area contributed by atoms with Gasteiger partial charge in [-0.3, -0.25) is 4.79 Å². The smallest absolute Gasteiger partial charge is 0.223 e. The number of alkyl halides is 1. The zero-order chi connectivity index (χ0) is 12.9. The number of nitrogens with one attached hydrogen (secondary N) is 1. The molecule has 1 amide bonds. The molecule has 0 aromatic heterocycles. The van der Waals surface area contributed by atoms with Crippen LogP contribution in [0.5, 0.6) is 0 Å². The van der Waals surface area contributed by atoms with Crippen LogP contribution >= 0.6 is 11.6 Å². The SMILES string of the molecule is CCC(CC)C(=O)NC1(CCl)CCC(C)CC1. The maximum atomic E-state index is 12.1. The zero-order valence-corrected chi connectivity index (χ0v) is 12.1. The van der Waals surface area contributed by atoms with Crippen LogP contribution in [0.1, 0.15) is 59.3 Å². The molecule has 1 saturated carbocycles. The lowest BCUT2D eigenvalue weighted by Gasteiger charge is -2.39. The van der Waals surface area contributed by atoms with Crippen molar-refractivity contribution in [3.05, 3.63) is 0 Å². The lowest BCUT2D eigenvalue weighted by molar-refractivity contribution is -0.127. The molecule has 2 nitrogen and oxygen atoms in total. The molecule has 100 valence electrons. The molecule has 0 radical (unpaired) electrons. The summed E-state index contributed by atoms with van der Waals surface area (Å²) < 4.78 is 0. The second-order valence-corrected chi connectivity index (χ2v) is 5.87. The average Bonchev–Trinajstić information content (AvgIpc) is 2.34. The van der Waals surface area contributed by atoms with Crippen LogP contribution in [-0.2, 0) is 4.79 Å². The fourth-order valence-electron chi connectivity index (χ4n) is 2.63. The highest BCUT2D eigenvalue weighted by atomic mass is 35.5. The van der Waals surface area contributed by atoms with Gasteiger partial charge in [0.1, 0.15) is 0 Å². The van der Waals surface area contributed by atoms with E-state index in [1.807, 2.05) is 0 Å². The molecular formula is C14H26ClNO. The lowest BCUT2D eigenvalue weighted by atomic mass is 9.78. The Bertz CT molecular complexity index is 243. The Hall–Kier alpha value is -0.240. The topological polar surface area (TPSA) is 29.1 Å². The van der Waals surface area contributed by atoms with Gasteiger partial charge in [0.2, 0.25) is 5.91 Å². The number of carbonyl (C=O) groups excluding carboxylic acids is 1. The first kappa shape index (κ1) is 14.8. The summed E-state index contributed by atoms with van der Waals surface area (Å²) in [6.45, 7) is 6.43. The van der Waals surface area contributed by atoms with Crippen molar-refractivity contribution in [3.63, 3.8) is 0 Å². The molecule has 0 aromatic rings. The van der Waals surface area contributed by atoms with E-state index in [1.54, 1.807) is 0 Å². The van der Waals surface area contributed by atoms with Gasteiger partial charge in [-0.05, 0) is 44.4 Å². The maximum absolute atomic E-state index is 12.1. The molecule has 1 rings (SSSR count). The molecule has 1 aliphatic carbocycles. The van der Waals surface area contributed by atoms with Crippen molar-refractivity contribution in [2.24, 2.45) is 11.8 Å². The third kappa shape index (κ3) is 3.87. The van der Waals surface area contributed by atoms with Crippen molar-refractivity contribution < 1.29 is 4.79 Å². The monoisotopic (exact) mass is 259 g/mol. The Morgan fingerprint density at radius 1 is 1.35 bits per heavy atom. The first-order valence-corrected chi connectivity index (χ1v) is 7.48. The first-order valence-electron chi connectivity index (χ1n) is 6.95. The van der Waals surface area contributed by atoms with Crippen LogP contribution in [0.3, 0.4) is 0 Å². The largest absolute Gasteiger partial charge is 0.349 e. The molecule has 0 spiro atoms. The molecule has 0 saturated heterocycles. The number of hydrogen-bond donors (Lipinski definition) is 1. The maximum Gasteiger partial charge on any atom is 0.223 e. The summed E-state index contributed by atoms with van der Waals surface area (Å²) in [5, 5.41) is 3.23. The summed E-state index contributed by atoms with van der Waals surface area (Å²) in [6.07, 6.45) is 6.24. The van der Waals surface area contributed by atoms with E-state index in [0.717, 1.165) is 31.6 Å². The molecule has 17 heavy (non-hydrogen) atoms. The minimum absolute atomic E-state index is 0.131. The molecule has 0 unspecified atom stereocenters. The van der Waals surface area contributed by atoms with Gasteiger partial charge in [-0.15, -0.1) is 11.6 Å². The van der Waals surface area contributed by atoms with Gasteiger partial charge in [0.05, 0.1) is 5.54 Å². The number of rotatable bonds is 5. The van der Waals surface area contributed by atoms with Crippen molar-refractivity contribution in [1.29, 1.82) is 0 Å². The third-order valence-corrected chi connectivity index (χ3v) is 4.74. The van der Waals surface area contributed by atoms with E-state index in [2.05, 4.69) is 26.1 Å². The average molecular weight is 260 g/mol. The van der Waals surface area contributed by atoms with Gasteiger partial charge in [-0.2, -0.15) is 0 Å². The van der Waals surface area contributed by atoms with Crippen molar-refractivity contribution in [3.8, 4) is 0 Å². The van der Waals surface area contributed by atoms with Crippen molar-refractivity contribution in [2.75, 3.05) is 5.88 Å². The van der Waals surface area contributed by atoms with Gasteiger partial charge in [0.25, 0.3) is 0 Å². The van der Waals surface area contributed by atoms with Crippen LogP contribution < -0.4 is 5.32 Å². The van der Waals surface area contributed by atoms with E-state index in [-0.39, 0.29) is 17.4 Å². The van der Waals surface area contributed by atoms with Gasteiger partial charge < -0.3 is 5.32 Å². The summed E-state index contributed by atoms with van der Waals surface area (Å²) >= 11 is 6.11. The summed E-state index contributed by atoms with van der Waals surface area (Å²) in [4.78, 5) is 12.1. The highest BCUT2D eigenvalue weighted by molar-refractivity contribution is 6.18. The molecule has 0 aliphatic heterocycles. The second-order valence-electron chi connectivity index (χ2n) is 5.60. The van der Waals surface area contributed by atoms with Gasteiger partial charge in [-0.25, -0.2) is 0 Å². The molecule has 0 aromatic carbocycles. The van der Waals surface area contributed by atoms with Crippen LogP contribution in [-0.4, -0.2) is 17.3 Å². The summed E-state index contributed by atoms with van der Waals surface area (Å²) in [7, 11) is 0. The molecular weight excluding hydrogens is 234 g/mol. The normalized spacial score (nSPS) is 29.4. The molecule has 3 heteroatoms. The van der Waals surface area contributed by atoms with Gasteiger partial charge in [0, 0.05) is 11.8 Å². The van der Waals surface area contributed by atoms with Crippen LogP contribution in [0.2, 0.25) is 0 Å². The zero-order valence-electron chi connectivity index (χ0n) is 11.4. The molecule has 1 aliphatic rings. The minimum Gasteiger partial charge on any atom is -0.349 e. The van der Waals surface area contributed by atoms with Crippen LogP contribution in [0.15, 0.2) is 0 Å².